The average molecular weight is 284 g/mol. The molecule has 18 heavy (non-hydrogen) atoms. The Labute approximate surface area is 117 Å². The van der Waals surface area contributed by atoms with Crippen molar-refractivity contribution < 1.29 is 4.79 Å². The number of carbonyl (C=O) groups is 1. The molecule has 3 nitrogen and oxygen atoms in total. The number of amides is 1. The maximum Gasteiger partial charge on any atom is 0.241 e. The summed E-state index contributed by atoms with van der Waals surface area (Å²) < 4.78 is 0. The van der Waals surface area contributed by atoms with Crippen molar-refractivity contribution in [2.75, 3.05) is 12.8 Å². The summed E-state index contributed by atoms with van der Waals surface area (Å²) in [5, 5.41) is 6.04. The van der Waals surface area contributed by atoms with Crippen molar-refractivity contribution in [2.45, 2.75) is 37.7 Å². The van der Waals surface area contributed by atoms with E-state index in [1.54, 1.807) is 11.3 Å². The van der Waals surface area contributed by atoms with Crippen molar-refractivity contribution >= 4 is 29.0 Å². The van der Waals surface area contributed by atoms with Crippen LogP contribution in [0.25, 0.3) is 0 Å². The van der Waals surface area contributed by atoms with Gasteiger partial charge in [-0.2, -0.15) is 11.8 Å². The second kappa shape index (κ2) is 6.08. The fraction of sp³-hybridized carbons (Fsp3) is 0.615. The van der Waals surface area contributed by atoms with E-state index in [-0.39, 0.29) is 18.1 Å². The molecule has 100 valence electrons. The van der Waals surface area contributed by atoms with E-state index in [0.29, 0.717) is 5.25 Å². The highest BCUT2D eigenvalue weighted by Crippen LogP contribution is 2.29. The van der Waals surface area contributed by atoms with Gasteiger partial charge in [-0.25, -0.2) is 0 Å². The van der Waals surface area contributed by atoms with Crippen LogP contribution in [0.2, 0.25) is 0 Å². The highest BCUT2D eigenvalue weighted by atomic mass is 32.2. The molecule has 1 aliphatic heterocycles. The van der Waals surface area contributed by atoms with Gasteiger partial charge in [0.15, 0.2) is 0 Å². The molecule has 0 aliphatic carbocycles. The lowest BCUT2D eigenvalue weighted by Crippen LogP contribution is -2.32. The van der Waals surface area contributed by atoms with Gasteiger partial charge in [0.2, 0.25) is 5.91 Å². The van der Waals surface area contributed by atoms with Crippen LogP contribution in [0.1, 0.15) is 31.3 Å². The Balaban J connectivity index is 2.06. The Morgan fingerprint density at radius 3 is 3.00 bits per heavy atom. The van der Waals surface area contributed by atoms with Gasteiger partial charge in [-0.15, -0.1) is 11.3 Å². The molecule has 1 N–H and O–H groups in total. The molecule has 1 aromatic rings. The van der Waals surface area contributed by atoms with Crippen LogP contribution in [0, 0.1) is 0 Å². The maximum absolute atomic E-state index is 12.2. The summed E-state index contributed by atoms with van der Waals surface area (Å²) in [4.78, 5) is 15.4. The van der Waals surface area contributed by atoms with Crippen LogP contribution in [-0.2, 0) is 4.79 Å². The van der Waals surface area contributed by atoms with Crippen molar-refractivity contribution in [1.29, 1.82) is 0 Å². The maximum atomic E-state index is 12.2. The SMILES string of the molecule is CSC(C)CCN1C(=O)C(C)NC1c1cccs1. The molecule has 0 bridgehead atoms. The summed E-state index contributed by atoms with van der Waals surface area (Å²) >= 11 is 3.56. The molecular formula is C13H20N2OS2. The monoisotopic (exact) mass is 284 g/mol. The van der Waals surface area contributed by atoms with Crippen molar-refractivity contribution in [2.24, 2.45) is 0 Å². The van der Waals surface area contributed by atoms with Crippen molar-refractivity contribution in [3.63, 3.8) is 0 Å². The molecule has 1 fully saturated rings. The number of nitrogens with zero attached hydrogens (tertiary/aromatic N) is 1. The first-order chi connectivity index (χ1) is 8.63. The Kier molecular flexibility index (Phi) is 4.70. The van der Waals surface area contributed by atoms with Crippen LogP contribution in [-0.4, -0.2) is 34.9 Å². The van der Waals surface area contributed by atoms with Crippen LogP contribution in [0.4, 0.5) is 0 Å². The summed E-state index contributed by atoms with van der Waals surface area (Å²) in [6.45, 7) is 4.99. The van der Waals surface area contributed by atoms with Crippen molar-refractivity contribution in [3.05, 3.63) is 22.4 Å². The molecular weight excluding hydrogens is 264 g/mol. The van der Waals surface area contributed by atoms with Crippen LogP contribution >= 0.6 is 23.1 Å². The number of thiophene rings is 1. The van der Waals surface area contributed by atoms with E-state index in [0.717, 1.165) is 13.0 Å². The molecule has 0 saturated carbocycles. The first-order valence-corrected chi connectivity index (χ1v) is 8.43. The quantitative estimate of drug-likeness (QED) is 0.902. The van der Waals surface area contributed by atoms with Gasteiger partial charge in [-0.3, -0.25) is 10.1 Å². The van der Waals surface area contributed by atoms with E-state index in [4.69, 9.17) is 0 Å². The molecule has 1 aliphatic rings. The van der Waals surface area contributed by atoms with Gasteiger partial charge in [0.25, 0.3) is 0 Å². The van der Waals surface area contributed by atoms with E-state index in [2.05, 4.69) is 29.9 Å². The number of hydrogen-bond donors (Lipinski definition) is 1. The molecule has 2 heterocycles. The normalized spacial score (nSPS) is 25.7. The summed E-state index contributed by atoms with van der Waals surface area (Å²) in [6.07, 6.45) is 3.23. The zero-order chi connectivity index (χ0) is 13.1. The van der Waals surface area contributed by atoms with Crippen LogP contribution < -0.4 is 5.32 Å². The lowest BCUT2D eigenvalue weighted by Gasteiger charge is -2.24. The molecule has 1 aromatic heterocycles. The molecule has 3 atom stereocenters. The molecule has 3 unspecified atom stereocenters. The Morgan fingerprint density at radius 2 is 2.39 bits per heavy atom. The smallest absolute Gasteiger partial charge is 0.241 e. The summed E-state index contributed by atoms with van der Waals surface area (Å²) in [5.41, 5.74) is 0. The third kappa shape index (κ3) is 2.90. The van der Waals surface area contributed by atoms with Gasteiger partial charge in [0, 0.05) is 16.7 Å². The van der Waals surface area contributed by atoms with E-state index >= 15 is 0 Å². The second-order valence-electron chi connectivity index (χ2n) is 4.67. The lowest BCUT2D eigenvalue weighted by atomic mass is 10.2. The lowest BCUT2D eigenvalue weighted by molar-refractivity contribution is -0.129. The number of hydrogen-bond acceptors (Lipinski definition) is 4. The highest BCUT2D eigenvalue weighted by Gasteiger charge is 2.37. The Hall–Kier alpha value is -0.520. The van der Waals surface area contributed by atoms with Gasteiger partial charge >= 0.3 is 0 Å². The first kappa shape index (κ1) is 13.9. The minimum Gasteiger partial charge on any atom is -0.321 e. The summed E-state index contributed by atoms with van der Waals surface area (Å²) in [5.74, 6) is 0.224. The number of nitrogens with one attached hydrogen (secondary N) is 1. The molecule has 0 radical (unpaired) electrons. The van der Waals surface area contributed by atoms with Crippen LogP contribution in [0.5, 0.6) is 0 Å². The number of thioether (sulfide) groups is 1. The predicted octanol–water partition coefficient (Wildman–Crippen LogP) is 2.71. The van der Waals surface area contributed by atoms with E-state index in [1.165, 1.54) is 4.88 Å². The van der Waals surface area contributed by atoms with Crippen LogP contribution in [0.15, 0.2) is 17.5 Å². The number of carbonyl (C=O) groups excluding carboxylic acids is 1. The van der Waals surface area contributed by atoms with Gasteiger partial charge < -0.3 is 4.90 Å². The second-order valence-corrected chi connectivity index (χ2v) is 6.93. The molecule has 0 spiro atoms. The van der Waals surface area contributed by atoms with Crippen molar-refractivity contribution in [1.82, 2.24) is 10.2 Å². The minimum atomic E-state index is -0.0679. The van der Waals surface area contributed by atoms with Gasteiger partial charge in [-0.05, 0) is 31.0 Å². The molecule has 1 saturated heterocycles. The minimum absolute atomic E-state index is 0.0679. The van der Waals surface area contributed by atoms with Gasteiger partial charge in [0.1, 0.15) is 6.17 Å². The molecule has 0 aromatic carbocycles. The molecule has 2 rings (SSSR count). The topological polar surface area (TPSA) is 32.3 Å². The third-order valence-corrected chi connectivity index (χ3v) is 5.33. The van der Waals surface area contributed by atoms with E-state index in [1.807, 2.05) is 29.7 Å². The molecule has 5 heteroatoms. The summed E-state index contributed by atoms with van der Waals surface area (Å²) in [7, 11) is 0. The number of rotatable bonds is 5. The zero-order valence-corrected chi connectivity index (χ0v) is 12.7. The fourth-order valence-electron chi connectivity index (χ4n) is 2.13. The predicted molar refractivity (Wildman–Crippen MR) is 79.0 cm³/mol. The van der Waals surface area contributed by atoms with Crippen molar-refractivity contribution in [3.8, 4) is 0 Å². The Morgan fingerprint density at radius 1 is 1.61 bits per heavy atom. The fourth-order valence-corrected chi connectivity index (χ4v) is 3.27. The van der Waals surface area contributed by atoms with E-state index < -0.39 is 0 Å². The molecule has 1 amide bonds. The largest absolute Gasteiger partial charge is 0.321 e. The zero-order valence-electron chi connectivity index (χ0n) is 11.1. The van der Waals surface area contributed by atoms with Crippen LogP contribution in [0.3, 0.4) is 0 Å². The third-order valence-electron chi connectivity index (χ3n) is 3.36. The Bertz CT molecular complexity index is 394. The first-order valence-electron chi connectivity index (χ1n) is 6.26. The standard InChI is InChI=1S/C13H20N2OS2/c1-9(17-3)6-7-15-12(11-5-4-8-18-11)14-10(2)13(15)16/h4-5,8-10,12,14H,6-7H2,1-3H3. The average Bonchev–Trinajstić information content (AvgIpc) is 2.97. The van der Waals surface area contributed by atoms with Gasteiger partial charge in [0.05, 0.1) is 6.04 Å². The highest BCUT2D eigenvalue weighted by molar-refractivity contribution is 7.99. The van der Waals surface area contributed by atoms with Gasteiger partial charge in [-0.1, -0.05) is 13.0 Å². The summed E-state index contributed by atoms with van der Waals surface area (Å²) in [6, 6.07) is 4.07. The van der Waals surface area contributed by atoms with E-state index in [9.17, 15) is 4.79 Å².